The highest BCUT2D eigenvalue weighted by molar-refractivity contribution is 7.13. The van der Waals surface area contributed by atoms with Crippen molar-refractivity contribution in [2.45, 2.75) is 45.2 Å². The monoisotopic (exact) mass is 372 g/mol. The van der Waals surface area contributed by atoms with E-state index in [4.69, 9.17) is 0 Å². The van der Waals surface area contributed by atoms with Crippen LogP contribution in [-0.2, 0) is 25.9 Å². The van der Waals surface area contributed by atoms with Gasteiger partial charge in [-0.1, -0.05) is 47.3 Å². The predicted octanol–water partition coefficient (Wildman–Crippen LogP) is 3.81. The van der Waals surface area contributed by atoms with Crippen molar-refractivity contribution in [3.8, 4) is 0 Å². The van der Waals surface area contributed by atoms with Gasteiger partial charge in [-0.15, -0.1) is 0 Å². The van der Waals surface area contributed by atoms with Crippen LogP contribution in [0.25, 0.3) is 10.1 Å². The summed E-state index contributed by atoms with van der Waals surface area (Å²) in [5, 5.41) is 0.817. The minimum absolute atomic E-state index is 0.121. The molecule has 6 heteroatoms. The smallest absolute Gasteiger partial charge is 0.268 e. The van der Waals surface area contributed by atoms with Crippen LogP contribution in [0.3, 0.4) is 0 Å². The maximum absolute atomic E-state index is 12.3. The highest BCUT2D eigenvalue weighted by Crippen LogP contribution is 2.19. The Morgan fingerprint density at radius 2 is 1.56 bits per heavy atom. The zero-order valence-corrected chi connectivity index (χ0v) is 15.6. The molecule has 1 aliphatic carbocycles. The number of aromatic nitrogens is 2. The van der Waals surface area contributed by atoms with E-state index in [1.165, 1.54) is 4.88 Å². The number of allylic oxidation sites excluding steroid dienone is 2. The molecule has 0 aliphatic heterocycles. The molecule has 0 spiro atoms. The largest absolute Gasteiger partial charge is 0.268 e. The normalized spacial score (nSPS) is 13.4. The molecule has 0 amide bonds. The third kappa shape index (κ3) is 3.28. The van der Waals surface area contributed by atoms with Gasteiger partial charge in [0.15, 0.2) is 0 Å². The van der Waals surface area contributed by atoms with Crippen molar-refractivity contribution in [1.82, 2.24) is 7.91 Å². The summed E-state index contributed by atoms with van der Waals surface area (Å²) in [6, 6.07) is 7.77. The van der Waals surface area contributed by atoms with E-state index in [-0.39, 0.29) is 11.1 Å². The molecule has 0 saturated heterocycles. The first-order valence-electron chi connectivity index (χ1n) is 8.70. The number of nitrogens with zero attached hydrogens (tertiary/aromatic N) is 2. The molecule has 0 N–H and O–H groups in total. The molecular formula is C19H20N2O2S2. The Hall–Kier alpha value is -1.92. The Morgan fingerprint density at radius 3 is 2.32 bits per heavy atom. The predicted molar refractivity (Wildman–Crippen MR) is 105 cm³/mol. The van der Waals surface area contributed by atoms with Gasteiger partial charge in [-0.2, -0.15) is 0 Å². The van der Waals surface area contributed by atoms with Crippen LogP contribution in [0.4, 0.5) is 0 Å². The molecule has 130 valence electrons. The number of unbranched alkanes of at least 4 members (excludes halogenated alkanes) is 2. The van der Waals surface area contributed by atoms with Crippen LogP contribution in [0.15, 0.2) is 46.0 Å². The van der Waals surface area contributed by atoms with Gasteiger partial charge in [-0.3, -0.25) is 17.5 Å². The van der Waals surface area contributed by atoms with Crippen molar-refractivity contribution in [1.29, 1.82) is 0 Å². The van der Waals surface area contributed by atoms with Gasteiger partial charge < -0.3 is 0 Å². The van der Waals surface area contributed by atoms with Crippen molar-refractivity contribution in [3.63, 3.8) is 0 Å². The van der Waals surface area contributed by atoms with Crippen LogP contribution < -0.4 is 11.1 Å². The Labute approximate surface area is 154 Å². The van der Waals surface area contributed by atoms with E-state index in [9.17, 15) is 9.59 Å². The molecule has 25 heavy (non-hydrogen) atoms. The quantitative estimate of drug-likeness (QED) is 0.488. The maximum Gasteiger partial charge on any atom is 0.268 e. The Morgan fingerprint density at radius 1 is 0.840 bits per heavy atom. The van der Waals surface area contributed by atoms with Gasteiger partial charge in [-0.05, 0) is 37.8 Å². The molecule has 3 aromatic rings. The van der Waals surface area contributed by atoms with Crippen molar-refractivity contribution in [2.75, 3.05) is 0 Å². The molecule has 2 heterocycles. The van der Waals surface area contributed by atoms with Crippen molar-refractivity contribution in [3.05, 3.63) is 67.6 Å². The van der Waals surface area contributed by atoms with E-state index in [0.717, 1.165) is 60.8 Å². The first kappa shape index (κ1) is 16.5. The maximum atomic E-state index is 12.3. The summed E-state index contributed by atoms with van der Waals surface area (Å²) in [6.07, 6.45) is 8.88. The summed E-state index contributed by atoms with van der Waals surface area (Å²) in [5.74, 6) is 0. The van der Waals surface area contributed by atoms with Gasteiger partial charge in [0.25, 0.3) is 11.1 Å². The molecule has 0 radical (unpaired) electrons. The number of fused-ring (bicyclic) bond motifs is 2. The van der Waals surface area contributed by atoms with Gasteiger partial charge in [-0.25, -0.2) is 0 Å². The van der Waals surface area contributed by atoms with E-state index in [2.05, 4.69) is 12.2 Å². The molecule has 0 fully saturated rings. The van der Waals surface area contributed by atoms with Crippen LogP contribution >= 0.6 is 23.1 Å². The number of benzene rings is 1. The lowest BCUT2D eigenvalue weighted by Gasteiger charge is -2.02. The molecule has 2 aromatic heterocycles. The summed E-state index contributed by atoms with van der Waals surface area (Å²) >= 11 is 3.16. The number of rotatable bonds is 6. The fourth-order valence-electron chi connectivity index (χ4n) is 3.25. The molecule has 0 atom stereocenters. The SMILES string of the molecule is O=c1c2c(sn1CCCCCn1sc3ccccc3c1=O)CC=CC2. The first-order valence-corrected chi connectivity index (χ1v) is 10.2. The fourth-order valence-corrected chi connectivity index (χ4v) is 5.42. The second-order valence-corrected chi connectivity index (χ2v) is 8.51. The molecule has 1 aromatic carbocycles. The third-order valence-corrected chi connectivity index (χ3v) is 6.93. The Kier molecular flexibility index (Phi) is 4.72. The van der Waals surface area contributed by atoms with E-state index < -0.39 is 0 Å². The van der Waals surface area contributed by atoms with Crippen LogP contribution in [0.5, 0.6) is 0 Å². The van der Waals surface area contributed by atoms with Gasteiger partial charge >= 0.3 is 0 Å². The summed E-state index contributed by atoms with van der Waals surface area (Å²) in [7, 11) is 0. The van der Waals surface area contributed by atoms with Crippen molar-refractivity contribution < 1.29 is 0 Å². The van der Waals surface area contributed by atoms with Gasteiger partial charge in [0, 0.05) is 30.0 Å². The number of aryl methyl sites for hydroxylation is 2. The summed E-state index contributed by atoms with van der Waals surface area (Å²) in [4.78, 5) is 25.9. The minimum Gasteiger partial charge on any atom is -0.268 e. The molecular weight excluding hydrogens is 352 g/mol. The summed E-state index contributed by atoms with van der Waals surface area (Å²) in [6.45, 7) is 1.55. The highest BCUT2D eigenvalue weighted by atomic mass is 32.1. The first-order chi connectivity index (χ1) is 12.2. The third-order valence-electron chi connectivity index (χ3n) is 4.61. The Balaban J connectivity index is 1.31. The lowest BCUT2D eigenvalue weighted by molar-refractivity contribution is 0.565. The van der Waals surface area contributed by atoms with E-state index >= 15 is 0 Å². The molecule has 4 nitrogen and oxygen atoms in total. The van der Waals surface area contributed by atoms with Gasteiger partial charge in [0.2, 0.25) is 0 Å². The fraction of sp³-hybridized carbons (Fsp3) is 0.368. The second kappa shape index (κ2) is 7.14. The standard InChI is InChI=1S/C19H20N2O2S2/c22-18-14-8-2-4-10-16(14)24-20(18)12-6-1-7-13-21-19(23)15-9-3-5-11-17(15)25-21/h2-5,8,10H,1,6-7,9,11-13H2. The summed E-state index contributed by atoms with van der Waals surface area (Å²) < 4.78 is 4.81. The zero-order valence-electron chi connectivity index (χ0n) is 13.9. The van der Waals surface area contributed by atoms with E-state index in [1.54, 1.807) is 23.1 Å². The zero-order chi connectivity index (χ0) is 17.2. The molecule has 4 rings (SSSR count). The van der Waals surface area contributed by atoms with Crippen molar-refractivity contribution in [2.24, 2.45) is 0 Å². The minimum atomic E-state index is 0.121. The van der Waals surface area contributed by atoms with E-state index in [1.807, 2.05) is 32.2 Å². The highest BCUT2D eigenvalue weighted by Gasteiger charge is 2.15. The van der Waals surface area contributed by atoms with Crippen LogP contribution in [0.2, 0.25) is 0 Å². The molecule has 0 saturated carbocycles. The van der Waals surface area contributed by atoms with Crippen LogP contribution in [0, 0.1) is 0 Å². The molecule has 0 bridgehead atoms. The van der Waals surface area contributed by atoms with Gasteiger partial charge in [0.1, 0.15) is 0 Å². The summed E-state index contributed by atoms with van der Waals surface area (Å²) in [5.41, 5.74) is 1.31. The lowest BCUT2D eigenvalue weighted by Crippen LogP contribution is -2.17. The number of hydrogen-bond donors (Lipinski definition) is 0. The van der Waals surface area contributed by atoms with Crippen LogP contribution in [0.1, 0.15) is 29.7 Å². The lowest BCUT2D eigenvalue weighted by atomic mass is 10.1. The van der Waals surface area contributed by atoms with Crippen molar-refractivity contribution >= 4 is 33.2 Å². The van der Waals surface area contributed by atoms with Gasteiger partial charge in [0.05, 0.1) is 10.1 Å². The van der Waals surface area contributed by atoms with Crippen LogP contribution in [-0.4, -0.2) is 7.91 Å². The van der Waals surface area contributed by atoms with E-state index in [0.29, 0.717) is 0 Å². The topological polar surface area (TPSA) is 44.0 Å². The molecule has 1 aliphatic rings. The average molecular weight is 373 g/mol. The number of hydrogen-bond acceptors (Lipinski definition) is 4. The second-order valence-electron chi connectivity index (χ2n) is 6.34. The average Bonchev–Trinajstić information content (AvgIpc) is 3.13. The Bertz CT molecular complexity index is 1040. The molecule has 0 unspecified atom stereocenters.